The van der Waals surface area contributed by atoms with Crippen LogP contribution in [0.25, 0.3) is 0 Å². The van der Waals surface area contributed by atoms with Gasteiger partial charge in [0.1, 0.15) is 5.82 Å². The zero-order chi connectivity index (χ0) is 15.0. The van der Waals surface area contributed by atoms with E-state index in [-0.39, 0.29) is 11.6 Å². The van der Waals surface area contributed by atoms with E-state index in [1.165, 1.54) is 21.3 Å². The van der Waals surface area contributed by atoms with E-state index in [1.54, 1.807) is 14.1 Å². The predicted octanol–water partition coefficient (Wildman–Crippen LogP) is 0.774. The molecule has 114 valence electrons. The second kappa shape index (κ2) is 5.27. The van der Waals surface area contributed by atoms with Crippen LogP contribution in [-0.2, 0) is 36.6 Å². The lowest BCUT2D eigenvalue weighted by Crippen LogP contribution is -2.28. The fourth-order valence-corrected chi connectivity index (χ4v) is 3.87. The fraction of sp³-hybridized carbons (Fsp3) is 0.538. The van der Waals surface area contributed by atoms with Crippen molar-refractivity contribution in [3.8, 4) is 0 Å². The molecule has 2 aromatic rings. The van der Waals surface area contributed by atoms with E-state index in [2.05, 4.69) is 14.6 Å². The van der Waals surface area contributed by atoms with Crippen LogP contribution in [0.2, 0.25) is 0 Å². The van der Waals surface area contributed by atoms with Crippen molar-refractivity contribution in [3.05, 3.63) is 30.0 Å². The van der Waals surface area contributed by atoms with Gasteiger partial charge in [-0.1, -0.05) is 0 Å². The Labute approximate surface area is 124 Å². The minimum Gasteiger partial charge on any atom is -0.335 e. The first-order chi connectivity index (χ1) is 9.98. The van der Waals surface area contributed by atoms with Gasteiger partial charge in [0, 0.05) is 33.3 Å². The van der Waals surface area contributed by atoms with Crippen LogP contribution in [-0.4, -0.2) is 39.1 Å². The molecule has 0 aliphatic carbocycles. The smallest absolute Gasteiger partial charge is 0.260 e. The Bertz CT molecular complexity index is 723. The zero-order valence-corrected chi connectivity index (χ0v) is 13.0. The number of rotatable bonds is 4. The molecular formula is C13H19N5O2S. The molecule has 0 bridgehead atoms. The van der Waals surface area contributed by atoms with E-state index in [0.717, 1.165) is 37.3 Å². The predicted molar refractivity (Wildman–Crippen MR) is 77.0 cm³/mol. The van der Waals surface area contributed by atoms with E-state index in [4.69, 9.17) is 0 Å². The first-order valence-corrected chi connectivity index (χ1v) is 8.42. The van der Waals surface area contributed by atoms with Gasteiger partial charge >= 0.3 is 0 Å². The van der Waals surface area contributed by atoms with Crippen molar-refractivity contribution in [1.29, 1.82) is 0 Å². The zero-order valence-electron chi connectivity index (χ0n) is 12.2. The summed E-state index contributed by atoms with van der Waals surface area (Å²) in [6.45, 7) is 1.24. The van der Waals surface area contributed by atoms with Crippen molar-refractivity contribution in [3.63, 3.8) is 0 Å². The maximum atomic E-state index is 12.5. The molecule has 0 saturated carbocycles. The maximum Gasteiger partial charge on any atom is 0.260 e. The molecule has 0 N–H and O–H groups in total. The van der Waals surface area contributed by atoms with Crippen molar-refractivity contribution in [1.82, 2.24) is 23.6 Å². The van der Waals surface area contributed by atoms with Crippen LogP contribution in [0.4, 0.5) is 0 Å². The van der Waals surface area contributed by atoms with Gasteiger partial charge in [0.2, 0.25) is 0 Å². The minimum absolute atomic E-state index is 0.189. The molecule has 0 fully saturated rings. The number of aromatic nitrogens is 4. The molecule has 0 unspecified atom stereocenters. The Balaban J connectivity index is 1.81. The lowest BCUT2D eigenvalue weighted by atomic mass is 10.2. The molecule has 21 heavy (non-hydrogen) atoms. The molecule has 0 atom stereocenters. The highest BCUT2D eigenvalue weighted by Crippen LogP contribution is 2.18. The molecule has 1 aliphatic rings. The second-order valence-electron chi connectivity index (χ2n) is 5.35. The van der Waals surface area contributed by atoms with Crippen molar-refractivity contribution in [2.24, 2.45) is 7.05 Å². The highest BCUT2D eigenvalue weighted by molar-refractivity contribution is 7.89. The van der Waals surface area contributed by atoms with Crippen LogP contribution < -0.4 is 0 Å². The third kappa shape index (κ3) is 2.60. The quantitative estimate of drug-likeness (QED) is 0.836. The van der Waals surface area contributed by atoms with Gasteiger partial charge in [0.05, 0.1) is 18.4 Å². The molecule has 2 aromatic heterocycles. The molecule has 1 aliphatic heterocycles. The average Bonchev–Trinajstić information content (AvgIpc) is 3.04. The van der Waals surface area contributed by atoms with Gasteiger partial charge in [-0.05, 0) is 18.9 Å². The Kier molecular flexibility index (Phi) is 3.58. The molecule has 8 heteroatoms. The average molecular weight is 309 g/mol. The van der Waals surface area contributed by atoms with Crippen molar-refractivity contribution < 1.29 is 8.42 Å². The first-order valence-electron chi connectivity index (χ1n) is 6.98. The van der Waals surface area contributed by atoms with Crippen LogP contribution in [0.1, 0.15) is 24.4 Å². The second-order valence-corrected chi connectivity index (χ2v) is 7.34. The highest BCUT2D eigenvalue weighted by Gasteiger charge is 2.25. The van der Waals surface area contributed by atoms with Crippen LogP contribution >= 0.6 is 0 Å². The van der Waals surface area contributed by atoms with Gasteiger partial charge in [-0.25, -0.2) is 13.4 Å². The Morgan fingerprint density at radius 3 is 2.86 bits per heavy atom. The van der Waals surface area contributed by atoms with E-state index < -0.39 is 10.0 Å². The first kappa shape index (κ1) is 14.3. The van der Waals surface area contributed by atoms with Gasteiger partial charge in [0.25, 0.3) is 10.0 Å². The Morgan fingerprint density at radius 1 is 1.38 bits per heavy atom. The number of fused-ring (bicyclic) bond motifs is 1. The molecule has 0 amide bonds. The van der Waals surface area contributed by atoms with Crippen LogP contribution in [0.3, 0.4) is 0 Å². The monoisotopic (exact) mass is 309 g/mol. The van der Waals surface area contributed by atoms with Gasteiger partial charge in [0.15, 0.2) is 5.03 Å². The normalized spacial score (nSPS) is 15.4. The summed E-state index contributed by atoms with van der Waals surface area (Å²) < 4.78 is 29.8. The number of aryl methyl sites for hydroxylation is 3. The van der Waals surface area contributed by atoms with Crippen molar-refractivity contribution in [2.75, 3.05) is 7.05 Å². The minimum atomic E-state index is -3.54. The van der Waals surface area contributed by atoms with Gasteiger partial charge < -0.3 is 4.57 Å². The maximum absolute atomic E-state index is 12.5. The SMILES string of the molecule is CN(Cc1cn2c(n1)CCCC2)S(=O)(=O)c1ccnn1C. The van der Waals surface area contributed by atoms with E-state index in [9.17, 15) is 8.42 Å². The highest BCUT2D eigenvalue weighted by atomic mass is 32.2. The van der Waals surface area contributed by atoms with Gasteiger partial charge in [-0.3, -0.25) is 4.68 Å². The van der Waals surface area contributed by atoms with Crippen LogP contribution in [0.5, 0.6) is 0 Å². The third-order valence-corrected chi connectivity index (χ3v) is 5.67. The summed E-state index contributed by atoms with van der Waals surface area (Å²) >= 11 is 0. The van der Waals surface area contributed by atoms with Crippen LogP contribution in [0, 0.1) is 0 Å². The number of hydrogen-bond donors (Lipinski definition) is 0. The summed E-state index contributed by atoms with van der Waals surface area (Å²) in [5.41, 5.74) is 0.792. The largest absolute Gasteiger partial charge is 0.335 e. The lowest BCUT2D eigenvalue weighted by Gasteiger charge is -2.15. The molecule has 3 rings (SSSR count). The molecule has 3 heterocycles. The lowest BCUT2D eigenvalue weighted by molar-refractivity contribution is 0.453. The fourth-order valence-electron chi connectivity index (χ4n) is 2.64. The molecular weight excluding hydrogens is 290 g/mol. The molecule has 0 saturated heterocycles. The topological polar surface area (TPSA) is 73.0 Å². The van der Waals surface area contributed by atoms with Crippen LogP contribution in [0.15, 0.2) is 23.5 Å². The van der Waals surface area contributed by atoms with E-state index in [0.29, 0.717) is 0 Å². The summed E-state index contributed by atoms with van der Waals surface area (Å²) in [6.07, 6.45) is 6.73. The summed E-state index contributed by atoms with van der Waals surface area (Å²) in [5, 5.41) is 4.11. The van der Waals surface area contributed by atoms with Gasteiger partial charge in [-0.2, -0.15) is 9.40 Å². The van der Waals surface area contributed by atoms with Crippen molar-refractivity contribution >= 4 is 10.0 Å². The van der Waals surface area contributed by atoms with E-state index in [1.807, 2.05) is 6.20 Å². The van der Waals surface area contributed by atoms with E-state index >= 15 is 0 Å². The summed E-state index contributed by atoms with van der Waals surface area (Å²) in [5.74, 6) is 1.06. The summed E-state index contributed by atoms with van der Waals surface area (Å²) in [7, 11) is -0.350. The number of nitrogens with zero attached hydrogens (tertiary/aromatic N) is 5. The van der Waals surface area contributed by atoms with Gasteiger partial charge in [-0.15, -0.1) is 0 Å². The standard InChI is InChI=1S/C13H19N5O2S/c1-16(21(19,20)13-6-7-14-17(13)2)9-11-10-18-8-4-3-5-12(18)15-11/h6-7,10H,3-5,8-9H2,1-2H3. The third-order valence-electron chi connectivity index (χ3n) is 3.79. The number of imidazole rings is 1. The molecule has 0 aromatic carbocycles. The summed E-state index contributed by atoms with van der Waals surface area (Å²) in [6, 6.07) is 1.50. The summed E-state index contributed by atoms with van der Waals surface area (Å²) in [4.78, 5) is 4.54. The number of hydrogen-bond acceptors (Lipinski definition) is 4. The van der Waals surface area contributed by atoms with Crippen molar-refractivity contribution in [2.45, 2.75) is 37.4 Å². The Hall–Kier alpha value is -1.67. The Morgan fingerprint density at radius 2 is 2.19 bits per heavy atom. The number of sulfonamides is 1. The molecule has 0 radical (unpaired) electrons. The molecule has 0 spiro atoms. The molecule has 7 nitrogen and oxygen atoms in total.